The predicted molar refractivity (Wildman–Crippen MR) is 84.9 cm³/mol. The standard InChI is InChI=1S/C17H18FN3O2/c18-14-8-6-13(7-9-14)11-20-16(22)15(21-17(19)23)10-12-4-2-1-3-5-12/h1-9,15H,10-11H2,(H,20,22)(H3,19,21,23)/t15-/m1/s1. The molecule has 0 aromatic heterocycles. The monoisotopic (exact) mass is 315 g/mol. The maximum Gasteiger partial charge on any atom is 0.312 e. The molecular formula is C17H18FN3O2. The van der Waals surface area contributed by atoms with Crippen LogP contribution in [0, 0.1) is 5.82 Å². The Morgan fingerprint density at radius 3 is 2.26 bits per heavy atom. The Morgan fingerprint density at radius 2 is 1.65 bits per heavy atom. The molecule has 6 heteroatoms. The maximum absolute atomic E-state index is 12.9. The number of rotatable bonds is 6. The predicted octanol–water partition coefficient (Wildman–Crippen LogP) is 1.72. The third-order valence-electron chi connectivity index (χ3n) is 3.30. The first-order valence-electron chi connectivity index (χ1n) is 7.16. The molecule has 120 valence electrons. The second kappa shape index (κ2) is 7.93. The summed E-state index contributed by atoms with van der Waals surface area (Å²) in [5.41, 5.74) is 6.80. The zero-order valence-corrected chi connectivity index (χ0v) is 12.5. The highest BCUT2D eigenvalue weighted by Crippen LogP contribution is 2.05. The third kappa shape index (κ3) is 5.43. The Labute approximate surface area is 133 Å². The fourth-order valence-corrected chi connectivity index (χ4v) is 2.15. The molecule has 4 N–H and O–H groups in total. The number of hydrogen-bond donors (Lipinski definition) is 3. The van der Waals surface area contributed by atoms with Gasteiger partial charge in [0.05, 0.1) is 0 Å². The van der Waals surface area contributed by atoms with Gasteiger partial charge in [-0.1, -0.05) is 42.5 Å². The van der Waals surface area contributed by atoms with E-state index in [0.29, 0.717) is 6.42 Å². The topological polar surface area (TPSA) is 84.2 Å². The lowest BCUT2D eigenvalue weighted by Gasteiger charge is -2.17. The Morgan fingerprint density at radius 1 is 1.00 bits per heavy atom. The Balaban J connectivity index is 1.98. The Kier molecular flexibility index (Phi) is 5.68. The number of halogens is 1. The Hall–Kier alpha value is -2.89. The first kappa shape index (κ1) is 16.5. The van der Waals surface area contributed by atoms with Crippen molar-refractivity contribution >= 4 is 11.9 Å². The molecule has 0 heterocycles. The normalized spacial score (nSPS) is 11.5. The lowest BCUT2D eigenvalue weighted by atomic mass is 10.1. The molecule has 23 heavy (non-hydrogen) atoms. The van der Waals surface area contributed by atoms with E-state index in [0.717, 1.165) is 11.1 Å². The highest BCUT2D eigenvalue weighted by Gasteiger charge is 2.19. The van der Waals surface area contributed by atoms with E-state index in [1.807, 2.05) is 30.3 Å². The number of urea groups is 1. The first-order valence-corrected chi connectivity index (χ1v) is 7.16. The summed E-state index contributed by atoms with van der Waals surface area (Å²) in [7, 11) is 0. The van der Waals surface area contributed by atoms with Crippen LogP contribution >= 0.6 is 0 Å². The van der Waals surface area contributed by atoms with Crippen molar-refractivity contribution in [3.05, 3.63) is 71.5 Å². The van der Waals surface area contributed by atoms with Crippen LogP contribution in [0.5, 0.6) is 0 Å². The minimum absolute atomic E-state index is 0.241. The van der Waals surface area contributed by atoms with Crippen molar-refractivity contribution in [2.45, 2.75) is 19.0 Å². The molecule has 0 aliphatic rings. The van der Waals surface area contributed by atoms with Crippen LogP contribution in [0.25, 0.3) is 0 Å². The molecule has 2 rings (SSSR count). The highest BCUT2D eigenvalue weighted by molar-refractivity contribution is 5.86. The molecule has 0 radical (unpaired) electrons. The number of amides is 3. The van der Waals surface area contributed by atoms with Crippen LogP contribution in [0.4, 0.5) is 9.18 Å². The van der Waals surface area contributed by atoms with Crippen molar-refractivity contribution in [1.29, 1.82) is 0 Å². The van der Waals surface area contributed by atoms with Crippen molar-refractivity contribution < 1.29 is 14.0 Å². The summed E-state index contributed by atoms with van der Waals surface area (Å²) in [5, 5.41) is 5.15. The molecule has 5 nitrogen and oxygen atoms in total. The quantitative estimate of drug-likeness (QED) is 0.758. The van der Waals surface area contributed by atoms with Crippen LogP contribution in [-0.4, -0.2) is 18.0 Å². The van der Waals surface area contributed by atoms with Crippen molar-refractivity contribution in [2.75, 3.05) is 0 Å². The fraction of sp³-hybridized carbons (Fsp3) is 0.176. The van der Waals surface area contributed by atoms with Crippen molar-refractivity contribution in [3.8, 4) is 0 Å². The number of primary amides is 1. The molecule has 2 aromatic carbocycles. The van der Waals surface area contributed by atoms with Gasteiger partial charge in [-0.3, -0.25) is 4.79 Å². The number of hydrogen-bond acceptors (Lipinski definition) is 2. The lowest BCUT2D eigenvalue weighted by Crippen LogP contribution is -2.49. The number of carbonyl (C=O) groups is 2. The number of nitrogens with two attached hydrogens (primary N) is 1. The molecular weight excluding hydrogens is 297 g/mol. The van der Waals surface area contributed by atoms with E-state index in [1.165, 1.54) is 12.1 Å². The van der Waals surface area contributed by atoms with Crippen LogP contribution in [0.1, 0.15) is 11.1 Å². The van der Waals surface area contributed by atoms with Crippen LogP contribution < -0.4 is 16.4 Å². The molecule has 0 bridgehead atoms. The van der Waals surface area contributed by atoms with E-state index in [4.69, 9.17) is 5.73 Å². The van der Waals surface area contributed by atoms with Crippen LogP contribution in [0.3, 0.4) is 0 Å². The fourth-order valence-electron chi connectivity index (χ4n) is 2.15. The van der Waals surface area contributed by atoms with E-state index in [1.54, 1.807) is 12.1 Å². The molecule has 1 atom stereocenters. The molecule has 3 amide bonds. The van der Waals surface area contributed by atoms with Gasteiger partial charge in [-0.25, -0.2) is 9.18 Å². The largest absolute Gasteiger partial charge is 0.352 e. The van der Waals surface area contributed by atoms with E-state index < -0.39 is 12.1 Å². The number of nitrogens with one attached hydrogen (secondary N) is 2. The first-order chi connectivity index (χ1) is 11.0. The molecule has 2 aromatic rings. The highest BCUT2D eigenvalue weighted by atomic mass is 19.1. The smallest absolute Gasteiger partial charge is 0.312 e. The van der Waals surface area contributed by atoms with Crippen LogP contribution in [-0.2, 0) is 17.8 Å². The molecule has 0 fully saturated rings. The molecule has 0 aliphatic heterocycles. The van der Waals surface area contributed by atoms with Gasteiger partial charge >= 0.3 is 6.03 Å². The van der Waals surface area contributed by atoms with Gasteiger partial charge < -0.3 is 16.4 Å². The summed E-state index contributed by atoms with van der Waals surface area (Å²) in [6.45, 7) is 0.241. The SMILES string of the molecule is NC(=O)N[C@H](Cc1ccccc1)C(=O)NCc1ccc(F)cc1. The molecule has 0 saturated carbocycles. The van der Waals surface area contributed by atoms with Gasteiger partial charge in [-0.2, -0.15) is 0 Å². The second-order valence-electron chi connectivity index (χ2n) is 5.10. The van der Waals surface area contributed by atoms with Crippen molar-refractivity contribution in [1.82, 2.24) is 10.6 Å². The van der Waals surface area contributed by atoms with E-state index in [2.05, 4.69) is 10.6 Å². The van der Waals surface area contributed by atoms with Crippen LogP contribution in [0.2, 0.25) is 0 Å². The zero-order valence-electron chi connectivity index (χ0n) is 12.5. The van der Waals surface area contributed by atoms with Gasteiger partial charge in [0.15, 0.2) is 0 Å². The van der Waals surface area contributed by atoms with Gasteiger partial charge in [-0.15, -0.1) is 0 Å². The molecule has 0 spiro atoms. The van der Waals surface area contributed by atoms with Gasteiger partial charge in [0.2, 0.25) is 5.91 Å². The van der Waals surface area contributed by atoms with Gasteiger partial charge in [-0.05, 0) is 23.3 Å². The van der Waals surface area contributed by atoms with Gasteiger partial charge in [0, 0.05) is 13.0 Å². The summed E-state index contributed by atoms with van der Waals surface area (Å²) < 4.78 is 12.9. The summed E-state index contributed by atoms with van der Waals surface area (Å²) in [6, 6.07) is 13.6. The summed E-state index contributed by atoms with van der Waals surface area (Å²) in [4.78, 5) is 23.4. The van der Waals surface area contributed by atoms with Gasteiger partial charge in [0.1, 0.15) is 11.9 Å². The van der Waals surface area contributed by atoms with Gasteiger partial charge in [0.25, 0.3) is 0 Å². The van der Waals surface area contributed by atoms with E-state index >= 15 is 0 Å². The summed E-state index contributed by atoms with van der Waals surface area (Å²) >= 11 is 0. The number of carbonyl (C=O) groups excluding carboxylic acids is 2. The van der Waals surface area contributed by atoms with E-state index in [9.17, 15) is 14.0 Å². The van der Waals surface area contributed by atoms with Crippen LogP contribution in [0.15, 0.2) is 54.6 Å². The molecule has 0 saturated heterocycles. The van der Waals surface area contributed by atoms with E-state index in [-0.39, 0.29) is 18.3 Å². The maximum atomic E-state index is 12.9. The average Bonchev–Trinajstić information content (AvgIpc) is 2.54. The summed E-state index contributed by atoms with van der Waals surface area (Å²) in [6.07, 6.45) is 0.332. The number of benzene rings is 2. The minimum atomic E-state index is -0.768. The van der Waals surface area contributed by atoms with Crippen molar-refractivity contribution in [3.63, 3.8) is 0 Å². The van der Waals surface area contributed by atoms with Crippen molar-refractivity contribution in [2.24, 2.45) is 5.73 Å². The molecule has 0 aliphatic carbocycles. The lowest BCUT2D eigenvalue weighted by molar-refractivity contribution is -0.123. The Bertz CT molecular complexity index is 659. The summed E-state index contributed by atoms with van der Waals surface area (Å²) in [5.74, 6) is -0.686. The third-order valence-corrected chi connectivity index (χ3v) is 3.30. The average molecular weight is 315 g/mol. The second-order valence-corrected chi connectivity index (χ2v) is 5.10. The molecule has 0 unspecified atom stereocenters. The zero-order chi connectivity index (χ0) is 16.7. The minimum Gasteiger partial charge on any atom is -0.352 e.